The third-order valence-electron chi connectivity index (χ3n) is 4.57. The fourth-order valence-corrected chi connectivity index (χ4v) is 3.16. The van der Waals surface area contributed by atoms with Gasteiger partial charge in [0.2, 0.25) is 0 Å². The second-order valence-electron chi connectivity index (χ2n) is 6.60. The lowest BCUT2D eigenvalue weighted by molar-refractivity contribution is 0.0954. The minimum atomic E-state index is -0.342. The molecule has 0 saturated carbocycles. The van der Waals surface area contributed by atoms with Crippen LogP contribution in [0, 0.1) is 12.7 Å². The molecule has 144 valence electrons. The molecule has 1 heterocycles. The Bertz CT molecular complexity index is 972. The summed E-state index contributed by atoms with van der Waals surface area (Å²) in [5.41, 5.74) is 4.30. The monoisotopic (exact) mass is 378 g/mol. The number of carbonyl (C=O) groups is 1. The van der Waals surface area contributed by atoms with Crippen molar-refractivity contribution in [2.24, 2.45) is 0 Å². The topological polar surface area (TPSA) is 51.2 Å². The van der Waals surface area contributed by atoms with Gasteiger partial charge in [0, 0.05) is 18.3 Å². The lowest BCUT2D eigenvalue weighted by atomic mass is 9.97. The molecule has 0 unspecified atom stereocenters. The maximum absolute atomic E-state index is 13.2. The zero-order valence-corrected chi connectivity index (χ0v) is 16.0. The van der Waals surface area contributed by atoms with Crippen molar-refractivity contribution in [3.8, 4) is 16.9 Å². The van der Waals surface area contributed by atoms with Gasteiger partial charge in [-0.1, -0.05) is 24.3 Å². The maximum Gasteiger partial charge on any atom is 0.251 e. The fraction of sp³-hybridized carbons (Fsp3) is 0.217. The molecule has 0 bridgehead atoms. The van der Waals surface area contributed by atoms with Gasteiger partial charge in [0.15, 0.2) is 0 Å². The van der Waals surface area contributed by atoms with E-state index >= 15 is 0 Å². The van der Waals surface area contributed by atoms with E-state index in [1.807, 2.05) is 49.4 Å². The first-order chi connectivity index (χ1) is 13.6. The summed E-state index contributed by atoms with van der Waals surface area (Å²) in [6, 6.07) is 14.9. The highest BCUT2D eigenvalue weighted by Gasteiger charge is 2.13. The molecule has 2 aromatic carbocycles. The van der Waals surface area contributed by atoms with Gasteiger partial charge in [-0.15, -0.1) is 0 Å². The molecule has 3 aromatic rings. The first kappa shape index (κ1) is 19.5. The summed E-state index contributed by atoms with van der Waals surface area (Å²) in [5, 5.41) is 2.95. The minimum Gasteiger partial charge on any atom is -0.496 e. The summed E-state index contributed by atoms with van der Waals surface area (Å²) >= 11 is 0. The van der Waals surface area contributed by atoms with Crippen molar-refractivity contribution in [1.82, 2.24) is 10.3 Å². The number of carbonyl (C=O) groups excluding carboxylic acids is 1. The molecule has 4 nitrogen and oxygen atoms in total. The van der Waals surface area contributed by atoms with Crippen molar-refractivity contribution in [2.75, 3.05) is 13.7 Å². The van der Waals surface area contributed by atoms with Crippen LogP contribution in [-0.4, -0.2) is 24.5 Å². The number of halogens is 1. The van der Waals surface area contributed by atoms with Crippen LogP contribution >= 0.6 is 0 Å². The molecule has 28 heavy (non-hydrogen) atoms. The number of aryl methyl sites for hydroxylation is 2. The highest BCUT2D eigenvalue weighted by molar-refractivity contribution is 6.00. The van der Waals surface area contributed by atoms with Gasteiger partial charge in [0.05, 0.1) is 13.3 Å². The molecule has 0 aliphatic carbocycles. The lowest BCUT2D eigenvalue weighted by Crippen LogP contribution is -2.25. The summed E-state index contributed by atoms with van der Waals surface area (Å²) in [5.74, 6) is 0.351. The van der Waals surface area contributed by atoms with Gasteiger partial charge in [-0.3, -0.25) is 9.78 Å². The Kier molecular flexibility index (Phi) is 6.37. The van der Waals surface area contributed by atoms with E-state index < -0.39 is 0 Å². The third-order valence-corrected chi connectivity index (χ3v) is 4.57. The summed E-state index contributed by atoms with van der Waals surface area (Å²) in [7, 11) is 1.64. The number of methoxy groups -OCH3 is 1. The van der Waals surface area contributed by atoms with Crippen LogP contribution in [0.15, 0.2) is 60.9 Å². The number of aromatic nitrogens is 1. The molecule has 0 fully saturated rings. The first-order valence-corrected chi connectivity index (χ1v) is 9.20. The zero-order valence-electron chi connectivity index (χ0n) is 16.0. The predicted octanol–water partition coefficient (Wildman–Crippen LogP) is 4.57. The zero-order chi connectivity index (χ0) is 19.9. The van der Waals surface area contributed by atoms with Gasteiger partial charge < -0.3 is 10.1 Å². The van der Waals surface area contributed by atoms with Gasteiger partial charge in [0.25, 0.3) is 5.91 Å². The van der Waals surface area contributed by atoms with E-state index in [9.17, 15) is 9.18 Å². The molecule has 0 saturated heterocycles. The number of hydrogen-bond acceptors (Lipinski definition) is 3. The number of nitrogens with zero attached hydrogens (tertiary/aromatic N) is 1. The summed E-state index contributed by atoms with van der Waals surface area (Å²) in [4.78, 5) is 16.5. The van der Waals surface area contributed by atoms with E-state index in [0.29, 0.717) is 24.9 Å². The molecule has 3 rings (SSSR count). The average molecular weight is 378 g/mol. The number of rotatable bonds is 7. The molecule has 1 aromatic heterocycles. The molecule has 0 aliphatic heterocycles. The van der Waals surface area contributed by atoms with E-state index in [2.05, 4.69) is 10.3 Å². The second kappa shape index (κ2) is 9.13. The number of hydrogen-bond donors (Lipinski definition) is 1. The van der Waals surface area contributed by atoms with Gasteiger partial charge in [0.1, 0.15) is 11.6 Å². The predicted molar refractivity (Wildman–Crippen MR) is 108 cm³/mol. The minimum absolute atomic E-state index is 0.124. The molecular weight excluding hydrogens is 355 g/mol. The van der Waals surface area contributed by atoms with E-state index in [1.54, 1.807) is 13.3 Å². The number of nitrogens with one attached hydrogen (secondary N) is 1. The van der Waals surface area contributed by atoms with Crippen molar-refractivity contribution in [1.29, 1.82) is 0 Å². The lowest BCUT2D eigenvalue weighted by Gasteiger charge is -2.12. The van der Waals surface area contributed by atoms with Crippen LogP contribution in [0.25, 0.3) is 11.1 Å². The highest BCUT2D eigenvalue weighted by Crippen LogP contribution is 2.28. The molecule has 0 aliphatic rings. The third kappa shape index (κ3) is 4.74. The van der Waals surface area contributed by atoms with Crippen molar-refractivity contribution in [3.63, 3.8) is 0 Å². The van der Waals surface area contributed by atoms with Gasteiger partial charge >= 0.3 is 0 Å². The quantitative estimate of drug-likeness (QED) is 0.613. The Morgan fingerprint density at radius 2 is 1.96 bits per heavy atom. The van der Waals surface area contributed by atoms with E-state index in [0.717, 1.165) is 28.0 Å². The van der Waals surface area contributed by atoms with Crippen LogP contribution < -0.4 is 10.1 Å². The Labute approximate surface area is 164 Å². The highest BCUT2D eigenvalue weighted by atomic mass is 19.1. The molecule has 0 atom stereocenters. The summed E-state index contributed by atoms with van der Waals surface area (Å²) < 4.78 is 18.5. The smallest absolute Gasteiger partial charge is 0.251 e. The van der Waals surface area contributed by atoms with E-state index in [-0.39, 0.29) is 11.7 Å². The summed E-state index contributed by atoms with van der Waals surface area (Å²) in [6.45, 7) is 2.48. The average Bonchev–Trinajstić information content (AvgIpc) is 2.71. The Balaban J connectivity index is 1.66. The molecule has 5 heteroatoms. The largest absolute Gasteiger partial charge is 0.496 e. The van der Waals surface area contributed by atoms with E-state index in [4.69, 9.17) is 4.74 Å². The van der Waals surface area contributed by atoms with Crippen molar-refractivity contribution < 1.29 is 13.9 Å². The molecule has 1 amide bonds. The Morgan fingerprint density at radius 3 is 2.71 bits per heavy atom. The van der Waals surface area contributed by atoms with Gasteiger partial charge in [-0.2, -0.15) is 0 Å². The van der Waals surface area contributed by atoms with Crippen LogP contribution in [0.2, 0.25) is 0 Å². The first-order valence-electron chi connectivity index (χ1n) is 9.20. The maximum atomic E-state index is 13.2. The van der Waals surface area contributed by atoms with E-state index in [1.165, 1.54) is 12.3 Å². The molecular formula is C23H23FN2O2. The Morgan fingerprint density at radius 1 is 1.14 bits per heavy atom. The van der Waals surface area contributed by atoms with Crippen LogP contribution in [-0.2, 0) is 6.42 Å². The number of pyridine rings is 1. The van der Waals surface area contributed by atoms with Crippen molar-refractivity contribution in [3.05, 3.63) is 83.4 Å². The molecule has 1 N–H and O–H groups in total. The van der Waals surface area contributed by atoms with Gasteiger partial charge in [-0.05, 0) is 66.3 Å². The van der Waals surface area contributed by atoms with Crippen LogP contribution in [0.1, 0.15) is 27.9 Å². The van der Waals surface area contributed by atoms with Crippen LogP contribution in [0.5, 0.6) is 5.75 Å². The second-order valence-corrected chi connectivity index (χ2v) is 6.60. The van der Waals surface area contributed by atoms with Crippen molar-refractivity contribution in [2.45, 2.75) is 19.8 Å². The van der Waals surface area contributed by atoms with Crippen LogP contribution in [0.4, 0.5) is 4.39 Å². The summed E-state index contributed by atoms with van der Waals surface area (Å²) in [6.07, 6.45) is 4.19. The van der Waals surface area contributed by atoms with Crippen molar-refractivity contribution >= 4 is 5.91 Å². The standard InChI is InChI=1S/C23H23FN2O2/c1-16-12-18(9-10-22(16)28-2)20-7-3-4-8-21(20)23(27)26-11-5-6-17-13-19(24)15-25-14-17/h3-4,7-10,12-15H,5-6,11H2,1-2H3,(H,26,27). The number of amides is 1. The number of benzene rings is 2. The molecule has 0 radical (unpaired) electrons. The van der Waals surface area contributed by atoms with Gasteiger partial charge in [-0.25, -0.2) is 4.39 Å². The van der Waals surface area contributed by atoms with Crippen LogP contribution in [0.3, 0.4) is 0 Å². The Hall–Kier alpha value is -3.21. The fourth-order valence-electron chi connectivity index (χ4n) is 3.16. The SMILES string of the molecule is COc1ccc(-c2ccccc2C(=O)NCCCc2cncc(F)c2)cc1C. The normalized spacial score (nSPS) is 10.5. The molecule has 0 spiro atoms. The number of ether oxygens (including phenoxy) is 1.